The molecule has 0 amide bonds. The summed E-state index contributed by atoms with van der Waals surface area (Å²) < 4.78 is 1.82. The summed E-state index contributed by atoms with van der Waals surface area (Å²) in [6.45, 7) is 4.14. The van der Waals surface area contributed by atoms with E-state index in [-0.39, 0.29) is 11.5 Å². The average Bonchev–Trinajstić information content (AvgIpc) is 3.14. The lowest BCUT2D eigenvalue weighted by Crippen LogP contribution is -2.10. The highest BCUT2D eigenvalue weighted by Gasteiger charge is 2.13. The second kappa shape index (κ2) is 6.55. The Balaban J connectivity index is 1.64. The predicted octanol–water partition coefficient (Wildman–Crippen LogP) is 3.29. The van der Waals surface area contributed by atoms with Crippen LogP contribution in [0.5, 0.6) is 0 Å². The van der Waals surface area contributed by atoms with Gasteiger partial charge >= 0.3 is 0 Å². The number of aromatic nitrogens is 5. The minimum atomic E-state index is -0.0268. The molecule has 3 aromatic heterocycles. The second-order valence-corrected chi connectivity index (χ2v) is 6.50. The molecule has 0 radical (unpaired) electrons. The molecule has 1 N–H and O–H groups in total. The first-order valence-electron chi connectivity index (χ1n) is 8.56. The Kier molecular flexibility index (Phi) is 4.08. The summed E-state index contributed by atoms with van der Waals surface area (Å²) in [5.41, 5.74) is 4.30. The molecule has 6 nitrogen and oxygen atoms in total. The molecule has 4 rings (SSSR count). The first-order chi connectivity index (χ1) is 12.6. The van der Waals surface area contributed by atoms with E-state index in [9.17, 15) is 4.79 Å². The van der Waals surface area contributed by atoms with Gasteiger partial charge < -0.3 is 4.98 Å². The maximum atomic E-state index is 12.3. The van der Waals surface area contributed by atoms with Gasteiger partial charge in [0.2, 0.25) is 0 Å². The fraction of sp³-hybridized carbons (Fsp3) is 0.200. The molecule has 4 aromatic rings. The smallest absolute Gasteiger partial charge is 0.190 e. The number of aromatic amines is 1. The number of nitrogens with zero attached hydrogens (tertiary/aromatic N) is 4. The molecule has 130 valence electrons. The topological polar surface area (TPSA) is 76.5 Å². The Morgan fingerprint density at radius 2 is 2.04 bits per heavy atom. The summed E-state index contributed by atoms with van der Waals surface area (Å²) in [6, 6.07) is 13.1. The third-order valence-electron chi connectivity index (χ3n) is 4.58. The Bertz CT molecular complexity index is 1130. The molecule has 6 heteroatoms. The van der Waals surface area contributed by atoms with Gasteiger partial charge in [0.1, 0.15) is 5.69 Å². The Hall–Kier alpha value is -3.28. The van der Waals surface area contributed by atoms with Crippen molar-refractivity contribution < 1.29 is 0 Å². The van der Waals surface area contributed by atoms with Crippen molar-refractivity contribution in [1.82, 2.24) is 25.0 Å². The zero-order chi connectivity index (χ0) is 18.1. The van der Waals surface area contributed by atoms with Gasteiger partial charge in [-0.2, -0.15) is 0 Å². The van der Waals surface area contributed by atoms with Crippen molar-refractivity contribution in [1.29, 1.82) is 0 Å². The summed E-state index contributed by atoms with van der Waals surface area (Å²) in [5, 5.41) is 9.16. The molecule has 0 bridgehead atoms. The highest BCUT2D eigenvalue weighted by atomic mass is 16.1. The monoisotopic (exact) mass is 345 g/mol. The fourth-order valence-corrected chi connectivity index (χ4v) is 3.06. The molecule has 0 saturated carbocycles. The zero-order valence-corrected chi connectivity index (χ0v) is 14.7. The first-order valence-corrected chi connectivity index (χ1v) is 8.56. The van der Waals surface area contributed by atoms with Gasteiger partial charge in [0.25, 0.3) is 0 Å². The van der Waals surface area contributed by atoms with Crippen LogP contribution in [0.1, 0.15) is 24.2 Å². The van der Waals surface area contributed by atoms with Crippen molar-refractivity contribution >= 4 is 10.9 Å². The van der Waals surface area contributed by atoms with Crippen LogP contribution in [-0.2, 0) is 6.42 Å². The highest BCUT2D eigenvalue weighted by Crippen LogP contribution is 2.19. The van der Waals surface area contributed by atoms with Crippen LogP contribution in [0.25, 0.3) is 22.3 Å². The van der Waals surface area contributed by atoms with Crippen LogP contribution in [0, 0.1) is 6.92 Å². The van der Waals surface area contributed by atoms with E-state index >= 15 is 0 Å². The Morgan fingerprint density at radius 3 is 2.88 bits per heavy atom. The summed E-state index contributed by atoms with van der Waals surface area (Å²) >= 11 is 0. The van der Waals surface area contributed by atoms with Gasteiger partial charge in [0, 0.05) is 35.3 Å². The van der Waals surface area contributed by atoms with Gasteiger partial charge in [0.15, 0.2) is 5.43 Å². The van der Waals surface area contributed by atoms with Crippen LogP contribution in [0.3, 0.4) is 0 Å². The molecule has 0 aliphatic carbocycles. The summed E-state index contributed by atoms with van der Waals surface area (Å²) in [7, 11) is 0. The Labute approximate surface area is 150 Å². The number of benzene rings is 1. The van der Waals surface area contributed by atoms with Crippen LogP contribution < -0.4 is 5.43 Å². The fourth-order valence-electron chi connectivity index (χ4n) is 3.06. The van der Waals surface area contributed by atoms with Crippen LogP contribution in [0.2, 0.25) is 0 Å². The first kappa shape index (κ1) is 16.2. The molecule has 26 heavy (non-hydrogen) atoms. The number of hydrogen-bond donors (Lipinski definition) is 1. The third-order valence-corrected chi connectivity index (χ3v) is 4.58. The number of H-pyrrole nitrogens is 1. The van der Waals surface area contributed by atoms with E-state index in [1.165, 1.54) is 5.56 Å². The van der Waals surface area contributed by atoms with E-state index in [1.807, 2.05) is 47.4 Å². The van der Waals surface area contributed by atoms with Crippen molar-refractivity contribution in [2.75, 3.05) is 0 Å². The number of aryl methyl sites for hydroxylation is 1. The average molecular weight is 345 g/mol. The van der Waals surface area contributed by atoms with Crippen molar-refractivity contribution in [2.45, 2.75) is 26.3 Å². The molecule has 1 atom stereocenters. The zero-order valence-electron chi connectivity index (χ0n) is 14.7. The quantitative estimate of drug-likeness (QED) is 0.616. The summed E-state index contributed by atoms with van der Waals surface area (Å²) in [6.07, 6.45) is 4.44. The number of pyridine rings is 2. The SMILES string of the molecule is Cc1cccnc1C[C@H](C)n1cc(-c2cc(=O)c3ccccc3[nH]2)nn1. The molecule has 0 aliphatic heterocycles. The normalized spacial score (nSPS) is 12.4. The second-order valence-electron chi connectivity index (χ2n) is 6.50. The number of hydrogen-bond acceptors (Lipinski definition) is 4. The number of rotatable bonds is 4. The number of para-hydroxylation sites is 1. The maximum Gasteiger partial charge on any atom is 0.190 e. The Morgan fingerprint density at radius 1 is 1.19 bits per heavy atom. The molecule has 0 spiro atoms. The van der Waals surface area contributed by atoms with Crippen LogP contribution >= 0.6 is 0 Å². The number of fused-ring (bicyclic) bond motifs is 1. The van der Waals surface area contributed by atoms with Gasteiger partial charge in [-0.25, -0.2) is 4.68 Å². The van der Waals surface area contributed by atoms with Crippen molar-refractivity contribution in [3.63, 3.8) is 0 Å². The third kappa shape index (κ3) is 3.01. The van der Waals surface area contributed by atoms with E-state index in [2.05, 4.69) is 40.2 Å². The highest BCUT2D eigenvalue weighted by molar-refractivity contribution is 5.80. The lowest BCUT2D eigenvalue weighted by molar-refractivity contribution is 0.469. The molecule has 0 aliphatic rings. The van der Waals surface area contributed by atoms with E-state index in [1.54, 1.807) is 6.07 Å². The standard InChI is InChI=1S/C20H19N5O/c1-13-6-5-9-21-17(13)10-14(2)25-12-19(23-24-25)18-11-20(26)15-7-3-4-8-16(15)22-18/h3-9,11-12,14H,10H2,1-2H3,(H,22,26)/t14-/m0/s1. The van der Waals surface area contributed by atoms with E-state index in [0.29, 0.717) is 16.8 Å². The lowest BCUT2D eigenvalue weighted by atomic mass is 10.1. The van der Waals surface area contributed by atoms with Gasteiger partial charge in [-0.05, 0) is 37.6 Å². The minimum absolute atomic E-state index is 0.0268. The van der Waals surface area contributed by atoms with Crippen molar-refractivity contribution in [3.8, 4) is 11.4 Å². The largest absolute Gasteiger partial charge is 0.353 e. The minimum Gasteiger partial charge on any atom is -0.353 e. The summed E-state index contributed by atoms with van der Waals surface area (Å²) in [4.78, 5) is 20.0. The van der Waals surface area contributed by atoms with E-state index < -0.39 is 0 Å². The maximum absolute atomic E-state index is 12.3. The number of nitrogens with one attached hydrogen (secondary N) is 1. The van der Waals surface area contributed by atoms with Gasteiger partial charge in [-0.15, -0.1) is 5.10 Å². The molecular formula is C20H19N5O. The molecule has 3 heterocycles. The van der Waals surface area contributed by atoms with Gasteiger partial charge in [0.05, 0.1) is 17.9 Å². The van der Waals surface area contributed by atoms with Crippen LogP contribution in [-0.4, -0.2) is 25.0 Å². The van der Waals surface area contributed by atoms with Crippen LogP contribution in [0.15, 0.2) is 59.7 Å². The molecule has 0 fully saturated rings. The predicted molar refractivity (Wildman–Crippen MR) is 101 cm³/mol. The molecule has 0 unspecified atom stereocenters. The molecule has 0 saturated heterocycles. The van der Waals surface area contributed by atoms with E-state index in [4.69, 9.17) is 0 Å². The van der Waals surface area contributed by atoms with Crippen molar-refractivity contribution in [2.24, 2.45) is 0 Å². The summed E-state index contributed by atoms with van der Waals surface area (Å²) in [5.74, 6) is 0. The van der Waals surface area contributed by atoms with E-state index in [0.717, 1.165) is 17.6 Å². The molecular weight excluding hydrogens is 326 g/mol. The van der Waals surface area contributed by atoms with Crippen molar-refractivity contribution in [3.05, 3.63) is 76.3 Å². The van der Waals surface area contributed by atoms with Gasteiger partial charge in [-0.3, -0.25) is 9.78 Å². The van der Waals surface area contributed by atoms with Gasteiger partial charge in [-0.1, -0.05) is 23.4 Å². The van der Waals surface area contributed by atoms with Crippen LogP contribution in [0.4, 0.5) is 0 Å². The lowest BCUT2D eigenvalue weighted by Gasteiger charge is -2.12. The molecule has 1 aromatic carbocycles.